The summed E-state index contributed by atoms with van der Waals surface area (Å²) < 4.78 is 0. The number of rotatable bonds is 1. The monoisotopic (exact) mass is 291 g/mol. The van der Waals surface area contributed by atoms with Crippen LogP contribution in [0.15, 0.2) is 5.10 Å². The number of carbonyl (C=O) groups is 2. The van der Waals surface area contributed by atoms with Crippen molar-refractivity contribution in [1.82, 2.24) is 9.91 Å². The van der Waals surface area contributed by atoms with Gasteiger partial charge in [-0.2, -0.15) is 5.10 Å². The average Bonchev–Trinajstić information content (AvgIpc) is 2.48. The van der Waals surface area contributed by atoms with E-state index in [2.05, 4.69) is 16.9 Å². The van der Waals surface area contributed by atoms with Crippen molar-refractivity contribution in [3.05, 3.63) is 0 Å². The summed E-state index contributed by atoms with van der Waals surface area (Å²) in [7, 11) is 1.63. The molecular formula is C16H25N3O2. The van der Waals surface area contributed by atoms with Gasteiger partial charge in [0.2, 0.25) is 5.91 Å². The SMILES string of the molecule is CC1CCC2C(CCCN2C(=O)C2=NN(C)C(=O)CC2)C1. The number of nitrogens with zero attached hydrogens (tertiary/aromatic N) is 3. The van der Waals surface area contributed by atoms with E-state index in [1.807, 2.05) is 0 Å². The molecule has 3 unspecified atom stereocenters. The number of hydrogen-bond acceptors (Lipinski definition) is 3. The molecule has 0 radical (unpaired) electrons. The molecule has 2 amide bonds. The second-order valence-corrected chi connectivity index (χ2v) is 6.85. The number of hydrogen-bond donors (Lipinski definition) is 0. The van der Waals surface area contributed by atoms with Crippen LogP contribution in [0.4, 0.5) is 0 Å². The van der Waals surface area contributed by atoms with Gasteiger partial charge in [-0.05, 0) is 43.9 Å². The number of likely N-dealkylation sites (tertiary alicyclic amines) is 1. The minimum Gasteiger partial charge on any atom is -0.334 e. The molecule has 0 aromatic heterocycles. The van der Waals surface area contributed by atoms with Crippen LogP contribution >= 0.6 is 0 Å². The Bertz CT molecular complexity index is 474. The van der Waals surface area contributed by atoms with E-state index in [1.165, 1.54) is 24.3 Å². The van der Waals surface area contributed by atoms with E-state index < -0.39 is 0 Å². The molecule has 1 saturated heterocycles. The molecule has 3 atom stereocenters. The minimum atomic E-state index is -0.00504. The van der Waals surface area contributed by atoms with E-state index >= 15 is 0 Å². The van der Waals surface area contributed by atoms with Crippen molar-refractivity contribution in [2.24, 2.45) is 16.9 Å². The number of amides is 2. The van der Waals surface area contributed by atoms with Gasteiger partial charge in [-0.15, -0.1) is 0 Å². The first-order valence-electron chi connectivity index (χ1n) is 8.21. The zero-order valence-corrected chi connectivity index (χ0v) is 13.0. The van der Waals surface area contributed by atoms with Crippen molar-refractivity contribution in [2.75, 3.05) is 13.6 Å². The summed E-state index contributed by atoms with van der Waals surface area (Å²) in [6.45, 7) is 3.17. The van der Waals surface area contributed by atoms with Crippen molar-refractivity contribution in [3.63, 3.8) is 0 Å². The van der Waals surface area contributed by atoms with Crippen LogP contribution in [0.5, 0.6) is 0 Å². The molecule has 0 aromatic rings. The fraction of sp³-hybridized carbons (Fsp3) is 0.812. The highest BCUT2D eigenvalue weighted by Gasteiger charge is 2.39. The van der Waals surface area contributed by atoms with E-state index in [0.717, 1.165) is 25.3 Å². The molecule has 3 aliphatic rings. The van der Waals surface area contributed by atoms with Crippen molar-refractivity contribution in [3.8, 4) is 0 Å². The molecule has 0 aromatic carbocycles. The van der Waals surface area contributed by atoms with Gasteiger partial charge in [0.25, 0.3) is 5.91 Å². The van der Waals surface area contributed by atoms with E-state index in [0.29, 0.717) is 30.5 Å². The van der Waals surface area contributed by atoms with Gasteiger partial charge in [0.15, 0.2) is 0 Å². The van der Waals surface area contributed by atoms with Gasteiger partial charge in [-0.1, -0.05) is 6.92 Å². The highest BCUT2D eigenvalue weighted by atomic mass is 16.2. The summed E-state index contributed by atoms with van der Waals surface area (Å²) in [5.74, 6) is 1.51. The van der Waals surface area contributed by atoms with Crippen LogP contribution in [0.1, 0.15) is 51.9 Å². The Morgan fingerprint density at radius 2 is 2.05 bits per heavy atom. The average molecular weight is 291 g/mol. The zero-order valence-electron chi connectivity index (χ0n) is 13.0. The van der Waals surface area contributed by atoms with Gasteiger partial charge in [-0.3, -0.25) is 9.59 Å². The summed E-state index contributed by atoms with van der Waals surface area (Å²) >= 11 is 0. The summed E-state index contributed by atoms with van der Waals surface area (Å²) in [6, 6.07) is 0.396. The van der Waals surface area contributed by atoms with E-state index in [4.69, 9.17) is 0 Å². The Kier molecular flexibility index (Phi) is 4.00. The first-order valence-corrected chi connectivity index (χ1v) is 8.21. The summed E-state index contributed by atoms with van der Waals surface area (Å²) in [5, 5.41) is 5.52. The largest absolute Gasteiger partial charge is 0.334 e. The van der Waals surface area contributed by atoms with Gasteiger partial charge >= 0.3 is 0 Å². The number of carbonyl (C=O) groups excluding carboxylic acids is 2. The van der Waals surface area contributed by atoms with E-state index in [1.54, 1.807) is 7.05 Å². The Labute approximate surface area is 126 Å². The smallest absolute Gasteiger partial charge is 0.270 e. The van der Waals surface area contributed by atoms with Crippen LogP contribution in [0.3, 0.4) is 0 Å². The Balaban J connectivity index is 1.75. The second-order valence-electron chi connectivity index (χ2n) is 6.85. The third kappa shape index (κ3) is 2.83. The predicted octanol–water partition coefficient (Wildman–Crippen LogP) is 2.02. The molecule has 5 heteroatoms. The summed E-state index contributed by atoms with van der Waals surface area (Å²) in [4.78, 5) is 26.4. The third-order valence-electron chi connectivity index (χ3n) is 5.29. The van der Waals surface area contributed by atoms with Gasteiger partial charge in [0, 0.05) is 32.5 Å². The first-order chi connectivity index (χ1) is 10.1. The number of fused-ring (bicyclic) bond motifs is 1. The number of piperidine rings is 1. The maximum atomic E-state index is 12.8. The zero-order chi connectivity index (χ0) is 15.0. The fourth-order valence-corrected chi connectivity index (χ4v) is 4.13. The molecule has 0 bridgehead atoms. The molecule has 116 valence electrons. The molecule has 2 fully saturated rings. The van der Waals surface area contributed by atoms with Crippen molar-refractivity contribution < 1.29 is 9.59 Å². The van der Waals surface area contributed by atoms with Crippen LogP contribution in [0, 0.1) is 11.8 Å². The topological polar surface area (TPSA) is 53.0 Å². The fourth-order valence-electron chi connectivity index (χ4n) is 4.13. The van der Waals surface area contributed by atoms with Gasteiger partial charge in [-0.25, -0.2) is 5.01 Å². The lowest BCUT2D eigenvalue weighted by atomic mass is 9.74. The lowest BCUT2D eigenvalue weighted by Crippen LogP contribution is -2.53. The highest BCUT2D eigenvalue weighted by Crippen LogP contribution is 2.38. The molecular weight excluding hydrogens is 266 g/mol. The molecule has 21 heavy (non-hydrogen) atoms. The van der Waals surface area contributed by atoms with E-state index in [9.17, 15) is 9.59 Å². The lowest BCUT2D eigenvalue weighted by Gasteiger charge is -2.46. The Morgan fingerprint density at radius 3 is 2.81 bits per heavy atom. The molecule has 1 saturated carbocycles. The van der Waals surface area contributed by atoms with Crippen molar-refractivity contribution in [2.45, 2.75) is 57.9 Å². The summed E-state index contributed by atoms with van der Waals surface area (Å²) in [5.41, 5.74) is 0.566. The quantitative estimate of drug-likeness (QED) is 0.742. The van der Waals surface area contributed by atoms with E-state index in [-0.39, 0.29) is 11.8 Å². The second kappa shape index (κ2) is 5.78. The molecule has 0 spiro atoms. The Hall–Kier alpha value is -1.39. The molecule has 5 nitrogen and oxygen atoms in total. The Morgan fingerprint density at radius 1 is 1.24 bits per heavy atom. The summed E-state index contributed by atoms with van der Waals surface area (Å²) in [6.07, 6.45) is 6.84. The van der Waals surface area contributed by atoms with Crippen molar-refractivity contribution in [1.29, 1.82) is 0 Å². The maximum Gasteiger partial charge on any atom is 0.270 e. The minimum absolute atomic E-state index is 0.00504. The van der Waals surface area contributed by atoms with Gasteiger partial charge in [0.05, 0.1) is 0 Å². The standard InChI is InChI=1S/C16H25N3O2/c1-11-5-7-14-12(10-11)4-3-9-19(14)16(21)13-6-8-15(20)18(2)17-13/h11-12,14H,3-10H2,1-2H3. The molecule has 0 N–H and O–H groups in total. The van der Waals surface area contributed by atoms with Gasteiger partial charge < -0.3 is 4.90 Å². The van der Waals surface area contributed by atoms with Crippen LogP contribution in [0.25, 0.3) is 0 Å². The van der Waals surface area contributed by atoms with Crippen LogP contribution in [-0.4, -0.2) is 47.1 Å². The molecule has 2 aliphatic heterocycles. The lowest BCUT2D eigenvalue weighted by molar-refractivity contribution is -0.132. The predicted molar refractivity (Wildman–Crippen MR) is 80.7 cm³/mol. The first kappa shape index (κ1) is 14.5. The van der Waals surface area contributed by atoms with Crippen LogP contribution < -0.4 is 0 Å². The van der Waals surface area contributed by atoms with Crippen LogP contribution in [0.2, 0.25) is 0 Å². The number of hydrazone groups is 1. The van der Waals surface area contributed by atoms with Gasteiger partial charge in [0.1, 0.15) is 5.71 Å². The normalized spacial score (nSPS) is 33.5. The molecule has 3 rings (SSSR count). The third-order valence-corrected chi connectivity index (χ3v) is 5.29. The van der Waals surface area contributed by atoms with Crippen molar-refractivity contribution >= 4 is 17.5 Å². The highest BCUT2D eigenvalue weighted by molar-refractivity contribution is 6.39. The van der Waals surface area contributed by atoms with Crippen LogP contribution in [-0.2, 0) is 9.59 Å². The molecule has 1 aliphatic carbocycles. The maximum absolute atomic E-state index is 12.8. The molecule has 2 heterocycles.